The van der Waals surface area contributed by atoms with Crippen LogP contribution in [-0.4, -0.2) is 148 Å². The largest absolute Gasteiger partial charge is 0.493 e. The molecule has 0 radical (unpaired) electrons. The number of likely N-dealkylation sites (tertiary alicyclic amines) is 2. The summed E-state index contributed by atoms with van der Waals surface area (Å²) in [5.74, 6) is 3.74. The van der Waals surface area contributed by atoms with Gasteiger partial charge >= 0.3 is 0 Å². The van der Waals surface area contributed by atoms with Crippen molar-refractivity contribution in [1.29, 1.82) is 0 Å². The minimum absolute atomic E-state index is 0.177. The van der Waals surface area contributed by atoms with Crippen molar-refractivity contribution in [3.8, 4) is 45.3 Å². The number of aliphatic hydroxyl groups excluding tert-OH is 2. The Kier molecular flexibility index (Phi) is 19.0. The number of nitrogens with zero attached hydrogens (tertiary/aromatic N) is 4. The molecule has 0 saturated carbocycles. The van der Waals surface area contributed by atoms with E-state index in [1.807, 2.05) is 0 Å². The summed E-state index contributed by atoms with van der Waals surface area (Å²) >= 11 is 0. The number of hydrogen-bond donors (Lipinski definition) is 2. The van der Waals surface area contributed by atoms with Crippen LogP contribution in [0.2, 0.25) is 0 Å². The van der Waals surface area contributed by atoms with Gasteiger partial charge < -0.3 is 48.8 Å². The lowest BCUT2D eigenvalue weighted by molar-refractivity contribution is 0.172. The van der Waals surface area contributed by atoms with Crippen molar-refractivity contribution < 1.29 is 29.2 Å². The van der Waals surface area contributed by atoms with E-state index in [0.717, 1.165) is 156 Å². The van der Waals surface area contributed by atoms with Crippen LogP contribution in [0.25, 0.3) is 22.3 Å². The zero-order chi connectivity index (χ0) is 44.6. The van der Waals surface area contributed by atoms with Gasteiger partial charge in [-0.15, -0.1) is 0 Å². The van der Waals surface area contributed by atoms with Crippen LogP contribution in [0.1, 0.15) is 67.2 Å². The van der Waals surface area contributed by atoms with E-state index in [9.17, 15) is 10.2 Å². The Balaban J connectivity index is 0.850. The van der Waals surface area contributed by atoms with Gasteiger partial charge in [-0.2, -0.15) is 0 Å². The van der Waals surface area contributed by atoms with Crippen molar-refractivity contribution in [2.24, 2.45) is 0 Å². The zero-order valence-electron chi connectivity index (χ0n) is 39.2. The number of benzene rings is 4. The fraction of sp³-hybridized carbons (Fsp3) is 0.547. The van der Waals surface area contributed by atoms with Crippen molar-refractivity contribution in [3.05, 3.63) is 95.1 Å². The summed E-state index contributed by atoms with van der Waals surface area (Å²) in [5, 5.41) is 19.6. The first-order chi connectivity index (χ1) is 30.6. The molecule has 2 N–H and O–H groups in total. The van der Waals surface area contributed by atoms with E-state index < -0.39 is 0 Å². The molecule has 10 heteroatoms. The zero-order valence-corrected chi connectivity index (χ0v) is 39.2. The molecule has 0 amide bonds. The third-order valence-corrected chi connectivity index (χ3v) is 12.9. The summed E-state index contributed by atoms with van der Waals surface area (Å²) in [6, 6.07) is 25.3. The molecule has 6 rings (SSSR count). The van der Waals surface area contributed by atoms with Crippen LogP contribution >= 0.6 is 0 Å². The molecule has 344 valence electrons. The molecule has 2 aliphatic heterocycles. The highest BCUT2D eigenvalue weighted by molar-refractivity contribution is 5.75. The molecule has 4 aromatic rings. The molecular weight excluding hydrogens is 789 g/mol. The van der Waals surface area contributed by atoms with E-state index in [2.05, 4.69) is 134 Å². The van der Waals surface area contributed by atoms with Gasteiger partial charge in [-0.1, -0.05) is 48.5 Å². The van der Waals surface area contributed by atoms with Gasteiger partial charge in [-0.25, -0.2) is 0 Å². The van der Waals surface area contributed by atoms with E-state index in [1.165, 1.54) is 22.3 Å². The minimum Gasteiger partial charge on any atom is -0.493 e. The minimum atomic E-state index is -0.177. The normalized spacial score (nSPS) is 17.0. The van der Waals surface area contributed by atoms with Crippen LogP contribution in [-0.2, 0) is 0 Å². The molecule has 2 aliphatic rings. The topological polar surface area (TPSA) is 90.3 Å². The van der Waals surface area contributed by atoms with E-state index in [-0.39, 0.29) is 12.2 Å². The molecule has 0 unspecified atom stereocenters. The van der Waals surface area contributed by atoms with Gasteiger partial charge in [0.1, 0.15) is 23.0 Å². The Morgan fingerprint density at radius 3 is 1.06 bits per heavy atom. The van der Waals surface area contributed by atoms with Gasteiger partial charge in [0.05, 0.1) is 38.6 Å². The number of hydrogen-bond acceptors (Lipinski definition) is 10. The lowest BCUT2D eigenvalue weighted by atomic mass is 9.95. The molecule has 4 aromatic carbocycles. The van der Waals surface area contributed by atoms with E-state index in [1.54, 1.807) is 0 Å². The molecule has 0 spiro atoms. The summed E-state index contributed by atoms with van der Waals surface area (Å²) < 4.78 is 25.2. The Bertz CT molecular complexity index is 1870. The first-order valence-corrected chi connectivity index (χ1v) is 23.7. The Morgan fingerprint density at radius 2 is 0.762 bits per heavy atom. The van der Waals surface area contributed by atoms with Crippen LogP contribution in [0.4, 0.5) is 0 Å². The molecule has 2 saturated heterocycles. The van der Waals surface area contributed by atoms with Crippen molar-refractivity contribution >= 4 is 0 Å². The third kappa shape index (κ3) is 14.4. The van der Waals surface area contributed by atoms with Gasteiger partial charge in [0, 0.05) is 52.4 Å². The summed E-state index contributed by atoms with van der Waals surface area (Å²) in [6.45, 7) is 20.8. The lowest BCUT2D eigenvalue weighted by Crippen LogP contribution is -2.28. The Morgan fingerprint density at radius 1 is 0.460 bits per heavy atom. The maximum Gasteiger partial charge on any atom is 0.122 e. The number of ether oxygens (including phenoxy) is 4. The van der Waals surface area contributed by atoms with E-state index in [4.69, 9.17) is 18.9 Å². The second kappa shape index (κ2) is 24.8. The molecule has 0 aromatic heterocycles. The smallest absolute Gasteiger partial charge is 0.122 e. The van der Waals surface area contributed by atoms with Gasteiger partial charge in [-0.3, -0.25) is 0 Å². The second-order valence-electron chi connectivity index (χ2n) is 18.0. The number of rotatable bonds is 26. The van der Waals surface area contributed by atoms with Crippen LogP contribution < -0.4 is 18.9 Å². The van der Waals surface area contributed by atoms with Crippen molar-refractivity contribution in [3.63, 3.8) is 0 Å². The van der Waals surface area contributed by atoms with Crippen molar-refractivity contribution in [1.82, 2.24) is 19.6 Å². The predicted octanol–water partition coefficient (Wildman–Crippen LogP) is 8.42. The van der Waals surface area contributed by atoms with Crippen molar-refractivity contribution in [2.45, 2.75) is 84.8 Å². The third-order valence-electron chi connectivity index (χ3n) is 12.9. The van der Waals surface area contributed by atoms with Crippen LogP contribution in [0, 0.1) is 27.7 Å². The molecule has 2 heterocycles. The average molecular weight is 865 g/mol. The first-order valence-electron chi connectivity index (χ1n) is 23.7. The van der Waals surface area contributed by atoms with E-state index in [0.29, 0.717) is 26.4 Å². The highest BCUT2D eigenvalue weighted by atomic mass is 16.5. The predicted molar refractivity (Wildman–Crippen MR) is 257 cm³/mol. The molecular formula is C53H76N4O6. The first kappa shape index (κ1) is 48.3. The summed E-state index contributed by atoms with van der Waals surface area (Å²) in [6.07, 6.45) is 6.34. The molecule has 0 aliphatic carbocycles. The van der Waals surface area contributed by atoms with Gasteiger partial charge in [0.25, 0.3) is 0 Å². The molecule has 2 fully saturated rings. The Labute approximate surface area is 378 Å². The lowest BCUT2D eigenvalue weighted by Gasteiger charge is -2.21. The molecule has 2 atom stereocenters. The second-order valence-corrected chi connectivity index (χ2v) is 18.0. The maximum absolute atomic E-state index is 9.80. The fourth-order valence-electron chi connectivity index (χ4n) is 9.09. The van der Waals surface area contributed by atoms with Crippen LogP contribution in [0.3, 0.4) is 0 Å². The van der Waals surface area contributed by atoms with Crippen LogP contribution in [0.15, 0.2) is 72.8 Å². The monoisotopic (exact) mass is 865 g/mol. The average Bonchev–Trinajstić information content (AvgIpc) is 3.90. The van der Waals surface area contributed by atoms with Gasteiger partial charge in [0.2, 0.25) is 0 Å². The molecule has 10 nitrogen and oxygen atoms in total. The number of aliphatic hydroxyl groups is 2. The number of β-amino-alcohol motifs (C(OH)–C–C–N with tert-alkyl or cyclic N) is 2. The molecule has 0 bridgehead atoms. The van der Waals surface area contributed by atoms with E-state index >= 15 is 0 Å². The molecule has 63 heavy (non-hydrogen) atoms. The van der Waals surface area contributed by atoms with Gasteiger partial charge in [0.15, 0.2) is 0 Å². The summed E-state index contributed by atoms with van der Waals surface area (Å²) in [7, 11) is 4.42. The Hall–Kier alpha value is -4.16. The highest BCUT2D eigenvalue weighted by Gasteiger charge is 2.21. The fourth-order valence-corrected chi connectivity index (χ4v) is 9.09. The van der Waals surface area contributed by atoms with Crippen LogP contribution in [0.5, 0.6) is 23.0 Å². The summed E-state index contributed by atoms with van der Waals surface area (Å²) in [5.41, 5.74) is 9.32. The standard InChI is InChI=1S/C53H76N4O6/c1-40-46(48-18-9-22-52(42(48)3)62-36-14-30-56-32-24-44(58)38-56)16-7-20-50(40)60-34-12-28-54(5)26-11-27-55(6)29-13-35-61-51-21-8-17-47(41(51)2)49-19-10-23-53(43(49)4)63-37-15-31-57-33-25-45(59)39-57/h7-10,16-23,44-45,58-59H,11-15,24-39H2,1-6H3/t44-,45-/m1/s1. The summed E-state index contributed by atoms with van der Waals surface area (Å²) in [4.78, 5) is 9.46. The SMILES string of the molecule is Cc1c(OCCCN(C)CCCN(C)CCCOc2cccc(-c3cccc(OCCCN4CC[C@@H](O)C4)c3C)c2C)cccc1-c1cccc(OCCCN2CC[C@@H](O)C2)c1C. The highest BCUT2D eigenvalue weighted by Crippen LogP contribution is 2.37. The van der Waals surface area contributed by atoms with Gasteiger partial charge in [-0.05, 0) is 169 Å². The van der Waals surface area contributed by atoms with Crippen molar-refractivity contribution in [2.75, 3.05) is 106 Å². The quantitative estimate of drug-likeness (QED) is 0.0601. The maximum atomic E-state index is 9.80.